The van der Waals surface area contributed by atoms with E-state index in [9.17, 15) is 23.5 Å². The van der Waals surface area contributed by atoms with Crippen molar-refractivity contribution in [1.82, 2.24) is 20.2 Å². The van der Waals surface area contributed by atoms with Crippen LogP contribution >= 0.6 is 11.3 Å². The summed E-state index contributed by atoms with van der Waals surface area (Å²) in [6.07, 6.45) is 1.17. The topological polar surface area (TPSA) is 107 Å². The number of alkyl halides is 2. The number of hydrogen-bond donors (Lipinski definition) is 3. The van der Waals surface area contributed by atoms with Crippen LogP contribution in [0.2, 0.25) is 0 Å². The lowest BCUT2D eigenvalue weighted by atomic mass is 10.1. The second-order valence-electron chi connectivity index (χ2n) is 10.8. The first kappa shape index (κ1) is 26.9. The number of anilines is 1. The summed E-state index contributed by atoms with van der Waals surface area (Å²) in [5.74, 6) is -3.55. The average molecular weight is 510 g/mol. The van der Waals surface area contributed by atoms with E-state index < -0.39 is 42.3 Å². The van der Waals surface area contributed by atoms with E-state index in [0.717, 1.165) is 21.8 Å². The number of aliphatic hydroxyl groups is 1. The summed E-state index contributed by atoms with van der Waals surface area (Å²) in [4.78, 5) is 36.4. The smallest absolute Gasteiger partial charge is 0.280 e. The Balaban J connectivity index is 2.03. The van der Waals surface area contributed by atoms with Crippen LogP contribution in [0.3, 0.4) is 0 Å². The second-order valence-corrected chi connectivity index (χ2v) is 11.8. The van der Waals surface area contributed by atoms with Crippen LogP contribution in [0.5, 0.6) is 0 Å². The van der Waals surface area contributed by atoms with Gasteiger partial charge in [-0.25, -0.2) is 18.7 Å². The first-order valence-electron chi connectivity index (χ1n) is 11.4. The van der Waals surface area contributed by atoms with Gasteiger partial charge in [-0.2, -0.15) is 0 Å². The fourth-order valence-corrected chi connectivity index (χ4v) is 4.83. The van der Waals surface area contributed by atoms with Crippen molar-refractivity contribution < 1.29 is 23.5 Å². The van der Waals surface area contributed by atoms with E-state index in [2.05, 4.69) is 20.6 Å². The molecular formula is C24H33F2N5O3S. The molecule has 0 saturated carbocycles. The van der Waals surface area contributed by atoms with Crippen molar-refractivity contribution in [3.8, 4) is 10.4 Å². The van der Waals surface area contributed by atoms with Gasteiger partial charge in [0.05, 0.1) is 17.0 Å². The third-order valence-electron chi connectivity index (χ3n) is 5.35. The quantitative estimate of drug-likeness (QED) is 0.541. The minimum Gasteiger partial charge on any atom is -0.389 e. The summed E-state index contributed by atoms with van der Waals surface area (Å²) in [5.41, 5.74) is -0.0379. The number of halogens is 2. The summed E-state index contributed by atoms with van der Waals surface area (Å²) >= 11 is 0.993. The molecule has 192 valence electrons. The van der Waals surface area contributed by atoms with Crippen molar-refractivity contribution in [2.24, 2.45) is 0 Å². The molecule has 11 heteroatoms. The molecular weight excluding hydrogens is 476 g/mol. The van der Waals surface area contributed by atoms with Crippen molar-refractivity contribution in [3.05, 3.63) is 28.5 Å². The lowest BCUT2D eigenvalue weighted by molar-refractivity contribution is 0.0118. The predicted octanol–water partition coefficient (Wildman–Crippen LogP) is 4.09. The van der Waals surface area contributed by atoms with Crippen LogP contribution in [0, 0.1) is 6.92 Å². The maximum absolute atomic E-state index is 14.0. The normalized spacial score (nSPS) is 18.0. The Kier molecular flexibility index (Phi) is 7.25. The van der Waals surface area contributed by atoms with Crippen LogP contribution in [0.25, 0.3) is 10.4 Å². The average Bonchev–Trinajstić information content (AvgIpc) is 3.24. The molecule has 0 aliphatic carbocycles. The lowest BCUT2D eigenvalue weighted by Gasteiger charge is -2.22. The molecule has 0 aromatic carbocycles. The van der Waals surface area contributed by atoms with Crippen molar-refractivity contribution in [3.63, 3.8) is 0 Å². The van der Waals surface area contributed by atoms with Crippen molar-refractivity contribution in [1.29, 1.82) is 0 Å². The summed E-state index contributed by atoms with van der Waals surface area (Å²) in [6.45, 7) is 11.8. The van der Waals surface area contributed by atoms with Gasteiger partial charge >= 0.3 is 0 Å². The summed E-state index contributed by atoms with van der Waals surface area (Å²) in [5, 5.41) is 15.8. The zero-order valence-corrected chi connectivity index (χ0v) is 21.9. The SMILES string of the molecule is Cc1cc(NC(C)(C)C)ncc1-c1sc(C(=O)NCC(C)(C)O)nc1C(=O)N1CC(F)(F)C[C@@H]1C. The highest BCUT2D eigenvalue weighted by molar-refractivity contribution is 7.17. The van der Waals surface area contributed by atoms with Crippen LogP contribution in [-0.2, 0) is 0 Å². The van der Waals surface area contributed by atoms with Crippen molar-refractivity contribution in [2.75, 3.05) is 18.4 Å². The van der Waals surface area contributed by atoms with Crippen molar-refractivity contribution >= 4 is 29.0 Å². The van der Waals surface area contributed by atoms with E-state index in [1.54, 1.807) is 27.0 Å². The van der Waals surface area contributed by atoms with E-state index in [0.29, 0.717) is 16.3 Å². The summed E-state index contributed by atoms with van der Waals surface area (Å²) < 4.78 is 28.0. The van der Waals surface area contributed by atoms with Gasteiger partial charge in [-0.15, -0.1) is 11.3 Å². The Morgan fingerprint density at radius 3 is 2.46 bits per heavy atom. The van der Waals surface area contributed by atoms with Gasteiger partial charge in [-0.05, 0) is 60.1 Å². The molecule has 2 amide bonds. The Morgan fingerprint density at radius 1 is 1.29 bits per heavy atom. The van der Waals surface area contributed by atoms with Crippen LogP contribution in [-0.4, -0.2) is 68.0 Å². The highest BCUT2D eigenvalue weighted by Crippen LogP contribution is 2.37. The zero-order valence-electron chi connectivity index (χ0n) is 21.1. The molecule has 8 nitrogen and oxygen atoms in total. The Hall–Kier alpha value is -2.66. The van der Waals surface area contributed by atoms with Gasteiger partial charge in [-0.1, -0.05) is 0 Å². The third-order valence-corrected chi connectivity index (χ3v) is 6.44. The Bertz CT molecular complexity index is 1120. The molecule has 3 heterocycles. The predicted molar refractivity (Wildman–Crippen MR) is 132 cm³/mol. The molecule has 2 aromatic rings. The number of rotatable bonds is 6. The summed E-state index contributed by atoms with van der Waals surface area (Å²) in [6, 6.07) is 1.16. The molecule has 2 aromatic heterocycles. The molecule has 35 heavy (non-hydrogen) atoms. The van der Waals surface area contributed by atoms with Gasteiger partial charge in [0, 0.05) is 36.3 Å². The standard InChI is InChI=1S/C24H33F2N5O3S/c1-13-8-16(30-22(3,4)5)27-10-15(13)18-17(21(33)31-12-24(25,26)9-14(31)2)29-20(35-18)19(32)28-11-23(6,7)34/h8,10,14,34H,9,11-12H2,1-7H3,(H,27,30)(H,28,32)/t14-/m0/s1. The Morgan fingerprint density at radius 2 is 1.94 bits per heavy atom. The van der Waals surface area contributed by atoms with Gasteiger partial charge in [0.15, 0.2) is 5.01 Å². The molecule has 0 bridgehead atoms. The van der Waals surface area contributed by atoms with Gasteiger partial charge in [-0.3, -0.25) is 9.59 Å². The van der Waals surface area contributed by atoms with E-state index in [4.69, 9.17) is 0 Å². The maximum atomic E-state index is 14.0. The van der Waals surface area contributed by atoms with Gasteiger partial charge in [0.1, 0.15) is 11.5 Å². The fourth-order valence-electron chi connectivity index (χ4n) is 3.78. The summed E-state index contributed by atoms with van der Waals surface area (Å²) in [7, 11) is 0. The fraction of sp³-hybridized carbons (Fsp3) is 0.583. The molecule has 3 rings (SSSR count). The van der Waals surface area contributed by atoms with Crippen LogP contribution in [0.1, 0.15) is 73.8 Å². The Labute approximate surface area is 208 Å². The molecule has 0 unspecified atom stereocenters. The second kappa shape index (κ2) is 9.42. The number of nitrogens with zero attached hydrogens (tertiary/aromatic N) is 3. The maximum Gasteiger partial charge on any atom is 0.280 e. The minimum absolute atomic E-state index is 0.00232. The van der Waals surface area contributed by atoms with Crippen LogP contribution in [0.4, 0.5) is 14.6 Å². The third kappa shape index (κ3) is 6.72. The van der Waals surface area contributed by atoms with E-state index in [-0.39, 0.29) is 22.8 Å². The van der Waals surface area contributed by atoms with Gasteiger partial charge < -0.3 is 20.6 Å². The minimum atomic E-state index is -2.98. The van der Waals surface area contributed by atoms with Crippen LogP contribution in [0.15, 0.2) is 12.3 Å². The van der Waals surface area contributed by atoms with E-state index >= 15 is 0 Å². The first-order chi connectivity index (χ1) is 16.0. The highest BCUT2D eigenvalue weighted by atomic mass is 32.1. The molecule has 1 fully saturated rings. The largest absolute Gasteiger partial charge is 0.389 e. The number of hydrogen-bond acceptors (Lipinski definition) is 7. The van der Waals surface area contributed by atoms with Gasteiger partial charge in [0.2, 0.25) is 0 Å². The monoisotopic (exact) mass is 509 g/mol. The number of carbonyl (C=O) groups is 2. The highest BCUT2D eigenvalue weighted by Gasteiger charge is 2.46. The van der Waals surface area contributed by atoms with Crippen LogP contribution < -0.4 is 10.6 Å². The zero-order chi connectivity index (χ0) is 26.3. The number of amides is 2. The number of thiazole rings is 1. The molecule has 1 aliphatic heterocycles. The van der Waals surface area contributed by atoms with Crippen molar-refractivity contribution in [2.45, 2.75) is 78.0 Å². The number of aromatic nitrogens is 2. The molecule has 1 saturated heterocycles. The number of carbonyl (C=O) groups excluding carboxylic acids is 2. The first-order valence-corrected chi connectivity index (χ1v) is 12.2. The number of nitrogens with one attached hydrogen (secondary N) is 2. The lowest BCUT2D eigenvalue weighted by Crippen LogP contribution is -2.38. The molecule has 1 atom stereocenters. The van der Waals surface area contributed by atoms with Gasteiger partial charge in [0.25, 0.3) is 17.7 Å². The number of aryl methyl sites for hydroxylation is 1. The molecule has 1 aliphatic rings. The molecule has 3 N–H and O–H groups in total. The number of likely N-dealkylation sites (tertiary alicyclic amines) is 1. The van der Waals surface area contributed by atoms with E-state index in [1.165, 1.54) is 0 Å². The van der Waals surface area contributed by atoms with E-state index in [1.807, 2.05) is 33.8 Å². The number of pyridine rings is 1. The molecule has 0 spiro atoms. The molecule has 0 radical (unpaired) electrons.